The van der Waals surface area contributed by atoms with Gasteiger partial charge < -0.3 is 47.0 Å². The van der Waals surface area contributed by atoms with E-state index in [1.807, 2.05) is 42.0 Å². The number of fused-ring (bicyclic) bond motifs is 6. The maximum absolute atomic E-state index is 4.42. The van der Waals surface area contributed by atoms with E-state index in [0.29, 0.717) is 53.5 Å². The minimum Gasteiger partial charge on any atom is -0.357 e. The SMILES string of the molecule is CC.CCC.CCC.CNc1nc2nc(n1)NCNc1nc(nc(N(C)C)n1)NCNc1nc(nc(N(C)C)n1)NCN2. The second-order valence-corrected chi connectivity index (χ2v) is 8.92. The van der Waals surface area contributed by atoms with Gasteiger partial charge in [-0.05, 0) is 0 Å². The van der Waals surface area contributed by atoms with Crippen LogP contribution >= 0.6 is 0 Å². The molecule has 1 aliphatic heterocycles. The summed E-state index contributed by atoms with van der Waals surface area (Å²) in [5.74, 6) is 3.50. The van der Waals surface area contributed by atoms with Crippen LogP contribution < -0.4 is 47.0 Å². The molecular formula is C25H50N18. The number of rotatable bonds is 3. The Hall–Kier alpha value is -4.77. The first-order chi connectivity index (χ1) is 20.7. The zero-order valence-electron chi connectivity index (χ0n) is 27.5. The number of hydrogen-bond acceptors (Lipinski definition) is 18. The highest BCUT2D eigenvalue weighted by Gasteiger charge is 2.12. The van der Waals surface area contributed by atoms with Gasteiger partial charge in [-0.15, -0.1) is 0 Å². The third-order valence-corrected chi connectivity index (χ3v) is 4.39. The smallest absolute Gasteiger partial charge is 0.231 e. The Balaban J connectivity index is 0.00000105. The predicted octanol–water partition coefficient (Wildman–Crippen LogP) is 3.03. The van der Waals surface area contributed by atoms with Crippen molar-refractivity contribution in [1.29, 1.82) is 0 Å². The highest BCUT2D eigenvalue weighted by molar-refractivity contribution is 5.48. The van der Waals surface area contributed by atoms with Crippen LogP contribution in [-0.2, 0) is 0 Å². The monoisotopic (exact) mass is 602 g/mol. The lowest BCUT2D eigenvalue weighted by Gasteiger charge is -2.16. The summed E-state index contributed by atoms with van der Waals surface area (Å²) in [6, 6.07) is 0. The predicted molar refractivity (Wildman–Crippen MR) is 177 cm³/mol. The fourth-order valence-electron chi connectivity index (χ4n) is 2.70. The Morgan fingerprint density at radius 2 is 0.721 bits per heavy atom. The van der Waals surface area contributed by atoms with E-state index in [-0.39, 0.29) is 20.0 Å². The second-order valence-electron chi connectivity index (χ2n) is 8.92. The van der Waals surface area contributed by atoms with E-state index < -0.39 is 0 Å². The number of aromatic nitrogens is 9. The topological polar surface area (TPSA) is 207 Å². The summed E-state index contributed by atoms with van der Waals surface area (Å²) >= 11 is 0. The molecule has 18 heteroatoms. The Kier molecular flexibility index (Phi) is 17.0. The van der Waals surface area contributed by atoms with Crippen molar-refractivity contribution in [3.63, 3.8) is 0 Å². The highest BCUT2D eigenvalue weighted by atomic mass is 15.4. The maximum Gasteiger partial charge on any atom is 0.231 e. The Morgan fingerprint density at radius 1 is 0.488 bits per heavy atom. The fraction of sp³-hybridized carbons (Fsp3) is 0.640. The standard InChI is InChI=1S/C17H28N18.2C3H8.C2H6/c1-18-9-25-10-19-6-21-12-28-14(32-16(30-12)34(2)3)23-8-24-15-29-13(31-17(33-15)35(4)5)22-7-20-11(26-9)27-10;2*1-3-2;1-2/h6-8H2,1-5H3,(H2,21,23,28,30,32)(H2,22,24,29,31,33)(H3,18,19,20,25,26,27);2*3H2,1-2H3;1-2H3. The van der Waals surface area contributed by atoms with Crippen molar-refractivity contribution < 1.29 is 0 Å². The summed E-state index contributed by atoms with van der Waals surface area (Å²) < 4.78 is 0. The van der Waals surface area contributed by atoms with Gasteiger partial charge in [-0.1, -0.05) is 54.4 Å². The van der Waals surface area contributed by atoms with Gasteiger partial charge in [0.1, 0.15) is 0 Å². The number of nitrogens with zero attached hydrogens (tertiary/aromatic N) is 11. The first kappa shape index (κ1) is 36.3. The van der Waals surface area contributed by atoms with Gasteiger partial charge in [0, 0.05) is 35.2 Å². The number of anilines is 9. The fourth-order valence-corrected chi connectivity index (χ4v) is 2.70. The third-order valence-electron chi connectivity index (χ3n) is 4.39. The van der Waals surface area contributed by atoms with Gasteiger partial charge in [0.2, 0.25) is 53.5 Å². The zero-order chi connectivity index (χ0) is 32.2. The van der Waals surface area contributed by atoms with Crippen LogP contribution in [0.3, 0.4) is 0 Å². The van der Waals surface area contributed by atoms with Gasteiger partial charge in [0.15, 0.2) is 0 Å². The maximum atomic E-state index is 4.42. The average molecular weight is 603 g/mol. The lowest BCUT2D eigenvalue weighted by Crippen LogP contribution is -2.23. The molecule has 0 radical (unpaired) electrons. The second kappa shape index (κ2) is 20.2. The van der Waals surface area contributed by atoms with Crippen molar-refractivity contribution in [3.05, 3.63) is 0 Å². The quantitative estimate of drug-likeness (QED) is 0.230. The molecule has 0 saturated carbocycles. The summed E-state index contributed by atoms with van der Waals surface area (Å²) in [4.78, 5) is 43.1. The number of hydrogen-bond donors (Lipinski definition) is 7. The van der Waals surface area contributed by atoms with E-state index in [2.05, 4.69) is 110 Å². The van der Waals surface area contributed by atoms with E-state index in [9.17, 15) is 0 Å². The van der Waals surface area contributed by atoms with Crippen LogP contribution in [0.25, 0.3) is 0 Å². The van der Waals surface area contributed by atoms with Gasteiger partial charge in [0.05, 0.1) is 20.0 Å². The largest absolute Gasteiger partial charge is 0.357 e. The first-order valence-corrected chi connectivity index (χ1v) is 14.5. The van der Waals surface area contributed by atoms with Crippen LogP contribution in [0.15, 0.2) is 0 Å². The molecule has 7 N–H and O–H groups in total. The molecule has 1 aliphatic rings. The molecule has 0 atom stereocenters. The molecular weight excluding hydrogens is 552 g/mol. The molecule has 43 heavy (non-hydrogen) atoms. The summed E-state index contributed by atoms with van der Waals surface area (Å²) in [5.41, 5.74) is 0. The molecule has 3 aromatic heterocycles. The van der Waals surface area contributed by atoms with E-state index in [1.165, 1.54) is 12.8 Å². The molecule has 0 aliphatic carbocycles. The first-order valence-electron chi connectivity index (χ1n) is 14.5. The molecule has 240 valence electrons. The van der Waals surface area contributed by atoms with E-state index in [0.717, 1.165) is 0 Å². The molecule has 3 aromatic rings. The van der Waals surface area contributed by atoms with Crippen LogP contribution in [-0.4, -0.2) is 100 Å². The molecule has 6 bridgehead atoms. The van der Waals surface area contributed by atoms with Crippen molar-refractivity contribution in [2.75, 3.05) is 102 Å². The minimum absolute atomic E-state index is 0.259. The normalized spacial score (nSPS) is 11.7. The molecule has 0 saturated heterocycles. The van der Waals surface area contributed by atoms with Crippen molar-refractivity contribution in [3.8, 4) is 0 Å². The van der Waals surface area contributed by atoms with Gasteiger partial charge in [0.25, 0.3) is 0 Å². The number of nitrogens with one attached hydrogen (secondary N) is 7. The van der Waals surface area contributed by atoms with Gasteiger partial charge >= 0.3 is 0 Å². The van der Waals surface area contributed by atoms with Crippen LogP contribution in [0.5, 0.6) is 0 Å². The van der Waals surface area contributed by atoms with Crippen molar-refractivity contribution >= 4 is 53.5 Å². The molecule has 18 nitrogen and oxygen atoms in total. The van der Waals surface area contributed by atoms with Crippen molar-refractivity contribution in [2.24, 2.45) is 0 Å². The summed E-state index contributed by atoms with van der Waals surface area (Å²) in [6.07, 6.45) is 2.50. The van der Waals surface area contributed by atoms with Crippen molar-refractivity contribution in [1.82, 2.24) is 44.9 Å². The minimum atomic E-state index is 0.259. The molecule has 4 rings (SSSR count). The Labute approximate surface area is 255 Å². The van der Waals surface area contributed by atoms with Crippen LogP contribution in [0.2, 0.25) is 0 Å². The molecule has 0 spiro atoms. The summed E-state index contributed by atoms with van der Waals surface area (Å²) in [6.45, 7) is 13.3. The van der Waals surface area contributed by atoms with Gasteiger partial charge in [-0.3, -0.25) is 0 Å². The van der Waals surface area contributed by atoms with Gasteiger partial charge in [-0.2, -0.15) is 44.9 Å². The van der Waals surface area contributed by atoms with E-state index in [1.54, 1.807) is 16.8 Å². The lowest BCUT2D eigenvalue weighted by molar-refractivity contribution is 0.923. The third kappa shape index (κ3) is 13.2. The molecule has 4 heterocycles. The molecule has 0 aromatic carbocycles. The summed E-state index contributed by atoms with van der Waals surface area (Å²) in [5, 5.41) is 21.5. The average Bonchev–Trinajstić information content (AvgIpc) is 2.98. The van der Waals surface area contributed by atoms with Crippen LogP contribution in [0.4, 0.5) is 53.5 Å². The van der Waals surface area contributed by atoms with E-state index >= 15 is 0 Å². The van der Waals surface area contributed by atoms with Gasteiger partial charge in [-0.25, -0.2) is 0 Å². The zero-order valence-corrected chi connectivity index (χ0v) is 27.5. The van der Waals surface area contributed by atoms with Crippen LogP contribution in [0, 0.1) is 0 Å². The van der Waals surface area contributed by atoms with E-state index in [4.69, 9.17) is 0 Å². The highest BCUT2D eigenvalue weighted by Crippen LogP contribution is 2.14. The van der Waals surface area contributed by atoms with Crippen molar-refractivity contribution in [2.45, 2.75) is 54.4 Å². The van der Waals surface area contributed by atoms with Crippen LogP contribution in [0.1, 0.15) is 54.4 Å². The molecule has 0 fully saturated rings. The Bertz CT molecular complexity index is 1100. The molecule has 0 unspecified atom stereocenters. The Morgan fingerprint density at radius 3 is 0.930 bits per heavy atom. The molecule has 0 amide bonds. The summed E-state index contributed by atoms with van der Waals surface area (Å²) in [7, 11) is 9.11. The lowest BCUT2D eigenvalue weighted by atomic mass is 10.6.